The van der Waals surface area contributed by atoms with Gasteiger partial charge in [-0.3, -0.25) is 107 Å². The highest BCUT2D eigenvalue weighted by Crippen LogP contribution is 2.18. The van der Waals surface area contributed by atoms with Crippen LogP contribution >= 0.6 is 11.8 Å². The number of carbonyl (C=O) groups is 20. The lowest BCUT2D eigenvalue weighted by Gasteiger charge is -2.29. The number of carbonyl (C=O) groups excluding carboxylic acids is 19. The lowest BCUT2D eigenvalue weighted by molar-refractivity contribution is -0.140. The Morgan fingerprint density at radius 2 is 0.900 bits per heavy atom. The van der Waals surface area contributed by atoms with Gasteiger partial charge in [0.15, 0.2) is 11.9 Å². The van der Waals surface area contributed by atoms with Crippen molar-refractivity contribution < 1.29 is 111 Å². The maximum absolute atomic E-state index is 14.8. The van der Waals surface area contributed by atoms with Crippen molar-refractivity contribution in [3.63, 3.8) is 0 Å². The van der Waals surface area contributed by atoms with E-state index in [4.69, 9.17) is 44.6 Å². The molecule has 1 saturated heterocycles. The summed E-state index contributed by atoms with van der Waals surface area (Å²) in [4.78, 5) is 283. The van der Waals surface area contributed by atoms with E-state index in [0.717, 1.165) is 6.92 Å². The van der Waals surface area contributed by atoms with Crippen LogP contribution in [0, 0.1) is 28.6 Å². The first kappa shape index (κ1) is 118. The Balaban J connectivity index is 1.55. The minimum Gasteiger partial charge on any atom is -0.508 e. The number of hydrogen-bond acceptors (Lipinski definition) is 27. The maximum Gasteiger partial charge on any atom is 0.322 e. The Hall–Kier alpha value is -14.3. The molecule has 0 bridgehead atoms. The molecule has 4 rings (SSSR count). The van der Waals surface area contributed by atoms with Gasteiger partial charge in [0, 0.05) is 57.1 Å². The number of amides is 19. The van der Waals surface area contributed by atoms with Gasteiger partial charge in [-0.05, 0) is 138 Å². The van der Waals surface area contributed by atoms with Crippen LogP contribution in [-0.2, 0) is 115 Å². The van der Waals surface area contributed by atoms with Crippen molar-refractivity contribution in [1.29, 1.82) is 10.8 Å². The normalized spacial score (nSPS) is 15.6. The highest BCUT2D eigenvalue weighted by molar-refractivity contribution is 7.98. The Morgan fingerprint density at radius 3 is 1.36 bits per heavy atom. The van der Waals surface area contributed by atoms with Gasteiger partial charge in [-0.2, -0.15) is 11.8 Å². The van der Waals surface area contributed by atoms with Crippen LogP contribution in [0.3, 0.4) is 0 Å². The van der Waals surface area contributed by atoms with E-state index in [1.807, 2.05) is 5.32 Å². The molecule has 52 heteroatoms. The quantitative estimate of drug-likeness (QED) is 0.0142. The highest BCUT2D eigenvalue weighted by atomic mass is 32.2. The van der Waals surface area contributed by atoms with Gasteiger partial charge in [0.2, 0.25) is 112 Å². The molecule has 0 aliphatic carbocycles. The molecule has 2 aromatic carbocycles. The Morgan fingerprint density at radius 1 is 0.464 bits per heavy atom. The second-order valence-corrected chi connectivity index (χ2v) is 35.6. The number of nitrogens with one attached hydrogen (secondary N) is 22. The van der Waals surface area contributed by atoms with Gasteiger partial charge in [-0.25, -0.2) is 4.98 Å². The SMILES string of the molecule is CC[C@H](C)[C@H](NC(=O)[C@H](Cc1cnc[nH]1)NC(=O)[C@H](CCC(N)=O)NC(=O)[C@H](Cc1ccc(O)cc1)NC(=O)[C@H](CCCNC(=N)N)NC(=O)[C@@H]1CCCN1)C(=O)NCC(=O)N[C@@H](CC(C)C)C(=O)N[C@H](C(=O)N[C@@H](C)C(=O)N[C@@H](CCSC)C(=O)N[C@@H](Cc1ccccc1)C(=O)N[C@@H](CCCNC(=N)N)C(=O)N[C@@H](CCC(N)=O)C(=O)N[C@@H](CC(N)=O)C(=O)N[C@H](C(=O)NCC(=O)O)[C@@H](C)O)C(C)C. The average molecular weight is 1990 g/mol. The zero-order chi connectivity index (χ0) is 105. The molecule has 774 valence electrons. The number of benzene rings is 2. The largest absolute Gasteiger partial charge is 0.508 e. The molecule has 1 aromatic heterocycles. The van der Waals surface area contributed by atoms with Gasteiger partial charge in [-0.15, -0.1) is 0 Å². The van der Waals surface area contributed by atoms with Crippen molar-refractivity contribution in [1.82, 2.24) is 111 Å². The van der Waals surface area contributed by atoms with Crippen LogP contribution in [-0.4, -0.2) is 297 Å². The van der Waals surface area contributed by atoms with Crippen LogP contribution in [0.15, 0.2) is 67.1 Å². The number of aromatic nitrogens is 2. The topological polar surface area (TPSA) is 837 Å². The molecule has 1 fully saturated rings. The number of aromatic amines is 1. The number of aromatic hydroxyl groups is 1. The summed E-state index contributed by atoms with van der Waals surface area (Å²) in [6.45, 7) is 11.2. The molecule has 51 nitrogen and oxygen atoms in total. The van der Waals surface area contributed by atoms with Gasteiger partial charge in [0.05, 0.1) is 31.4 Å². The summed E-state index contributed by atoms with van der Waals surface area (Å²) < 4.78 is 0. The van der Waals surface area contributed by atoms with Gasteiger partial charge in [0.25, 0.3) is 0 Å². The number of imidazole rings is 1. The van der Waals surface area contributed by atoms with Crippen molar-refractivity contribution in [3.05, 3.63) is 83.9 Å². The smallest absolute Gasteiger partial charge is 0.322 e. The number of primary amides is 3. The summed E-state index contributed by atoms with van der Waals surface area (Å²) in [5, 5.41) is 93.2. The third kappa shape index (κ3) is 44.0. The molecule has 0 unspecified atom stereocenters. The van der Waals surface area contributed by atoms with E-state index in [2.05, 4.69) is 106 Å². The highest BCUT2D eigenvalue weighted by Gasteiger charge is 2.41. The number of aliphatic hydroxyl groups is 1. The summed E-state index contributed by atoms with van der Waals surface area (Å²) in [5.74, 6) is -22.5. The predicted molar refractivity (Wildman–Crippen MR) is 509 cm³/mol. The van der Waals surface area contributed by atoms with Crippen molar-refractivity contribution in [3.8, 4) is 5.75 Å². The second kappa shape index (κ2) is 61.1. The van der Waals surface area contributed by atoms with E-state index in [1.54, 1.807) is 78.1 Å². The summed E-state index contributed by atoms with van der Waals surface area (Å²) in [6.07, 6.45) is -0.0257. The van der Waals surface area contributed by atoms with E-state index in [1.165, 1.54) is 55.5 Å². The Labute approximate surface area is 813 Å². The molecule has 0 radical (unpaired) electrons. The molecule has 140 heavy (non-hydrogen) atoms. The summed E-state index contributed by atoms with van der Waals surface area (Å²) in [6, 6.07) is -8.79. The first-order valence-corrected chi connectivity index (χ1v) is 47.2. The van der Waals surface area contributed by atoms with Crippen molar-refractivity contribution in [2.45, 2.75) is 261 Å². The molecule has 1 aliphatic heterocycles. The fourth-order valence-electron chi connectivity index (χ4n) is 14.2. The zero-order valence-corrected chi connectivity index (χ0v) is 80.6. The van der Waals surface area contributed by atoms with Crippen molar-refractivity contribution in [2.75, 3.05) is 44.7 Å². The van der Waals surface area contributed by atoms with Gasteiger partial charge < -0.3 is 150 Å². The number of aliphatic hydroxyl groups excluding tert-OH is 1. The second-order valence-electron chi connectivity index (χ2n) is 34.6. The van der Waals surface area contributed by atoms with E-state index in [0.29, 0.717) is 36.2 Å². The number of nitrogens with zero attached hydrogens (tertiary/aromatic N) is 1. The van der Waals surface area contributed by atoms with E-state index in [9.17, 15) is 106 Å². The molecule has 17 atom stereocenters. The van der Waals surface area contributed by atoms with Crippen LogP contribution in [0.5, 0.6) is 5.75 Å². The summed E-state index contributed by atoms with van der Waals surface area (Å²) in [5.41, 5.74) is 28.6. The zero-order valence-electron chi connectivity index (χ0n) is 79.8. The minimum atomic E-state index is -1.95. The number of guanidine groups is 2. The number of rotatable bonds is 64. The molecule has 3 aromatic rings. The van der Waals surface area contributed by atoms with E-state index in [-0.39, 0.29) is 101 Å². The number of aliphatic carboxylic acids is 1. The lowest BCUT2D eigenvalue weighted by atomic mass is 9.97. The molecule has 35 N–H and O–H groups in total. The summed E-state index contributed by atoms with van der Waals surface area (Å²) >= 11 is 1.28. The van der Waals surface area contributed by atoms with Gasteiger partial charge in [0.1, 0.15) is 96.9 Å². The molecule has 0 spiro atoms. The van der Waals surface area contributed by atoms with Crippen molar-refractivity contribution >= 4 is 142 Å². The fraction of sp³-hybridized carbons (Fsp3) is 0.580. The van der Waals surface area contributed by atoms with Crippen LogP contribution in [0.25, 0.3) is 0 Å². The Kier molecular flexibility index (Phi) is 51.5. The fourth-order valence-corrected chi connectivity index (χ4v) is 14.7. The maximum atomic E-state index is 14.8. The van der Waals surface area contributed by atoms with Crippen LogP contribution in [0.2, 0.25) is 0 Å². The number of H-pyrrole nitrogens is 1. The van der Waals surface area contributed by atoms with Crippen LogP contribution in [0.4, 0.5) is 0 Å². The molecular formula is C88H138N28O23S. The number of carboxylic acid groups (broad SMARTS) is 1. The number of carboxylic acids is 1. The first-order chi connectivity index (χ1) is 66.1. The monoisotopic (exact) mass is 1990 g/mol. The third-order valence-electron chi connectivity index (χ3n) is 22.1. The lowest BCUT2D eigenvalue weighted by Crippen LogP contribution is -2.61. The van der Waals surface area contributed by atoms with Crippen LogP contribution < -0.4 is 130 Å². The Bertz CT molecular complexity index is 4720. The van der Waals surface area contributed by atoms with Crippen LogP contribution in [0.1, 0.15) is 162 Å². The van der Waals surface area contributed by atoms with Gasteiger partial charge >= 0.3 is 5.97 Å². The molecule has 19 amide bonds. The number of thioether (sulfide) groups is 1. The standard InChI is InChI=1S/C88H138N28O23S/c1-10-46(6)70(115-82(135)62(38-51-40-96-43-102-51)112-76(129)57(27-29-65(90)120)109-80(133)61(37-50-22-24-52(118)25-23-50)110-75(128)55(21-16-33-99-88(94)95)106-73(126)53-19-14-31-97-53)84(137)100-41-67(122)104-59(35-44(2)3)81(134)114-69(45(4)5)86(139)103-47(7)72(125)105-58(30-34-140-9)78(131)111-60(36-49-17-12-11-13-18-49)79(132)107-54(20-15-32-98-87(92)93)74(127)108-56(26-28-64(89)119)77(130)113-63(39-66(91)121)83(136)116-71(48(8)117)85(138)101-42-68(123)124/h11-13,17-18,22-25,40,43-48,53-63,69-71,97,117-118H,10,14-16,19-21,26-39,41-42H2,1-9H3,(H2,89,119)(H2,90,120)(H2,91,121)(H,96,102)(H,100,137)(H,101,138)(H,103,139)(H,104,122)(H,105,125)(H,106,126)(H,107,132)(H,108,127)(H,109,133)(H,110,128)(H,111,131)(H,112,129)(H,113,130)(H,114,134)(H,115,135)(H,116,136)(H,123,124)(H4,92,93,98)(H4,94,95,99)/t46-,47-,48+,53-,54-,55-,56-,57-,58-,59-,60-,61-,62-,63-,69-,70-,71-/m0/s1. The van der Waals surface area contributed by atoms with E-state index < -0.39 is 278 Å². The first-order valence-electron chi connectivity index (χ1n) is 45.8. The molecular weight excluding hydrogens is 1850 g/mol. The van der Waals surface area contributed by atoms with E-state index >= 15 is 0 Å². The molecule has 2 heterocycles. The number of nitrogens with two attached hydrogens (primary N) is 5. The third-order valence-corrected chi connectivity index (χ3v) is 22.8. The average Bonchev–Trinajstić information content (AvgIpc) is 1.53. The molecule has 1 aliphatic rings. The minimum absolute atomic E-state index is 0.00777. The number of phenolic OH excluding ortho intramolecular Hbond substituents is 1. The van der Waals surface area contributed by atoms with Gasteiger partial charge in [-0.1, -0.05) is 90.4 Å². The molecule has 0 saturated carbocycles. The number of hydrogen-bond donors (Lipinski definition) is 30. The predicted octanol–water partition coefficient (Wildman–Crippen LogP) is -8.17. The summed E-state index contributed by atoms with van der Waals surface area (Å²) in [7, 11) is 0. The number of phenols is 1. The van der Waals surface area contributed by atoms with Crippen molar-refractivity contribution in [2.24, 2.45) is 46.4 Å².